The average Bonchev–Trinajstić information content (AvgIpc) is 3.22. The normalized spacial score (nSPS) is 17.9. The Hall–Kier alpha value is -3.94. The van der Waals surface area contributed by atoms with Crippen molar-refractivity contribution in [1.82, 2.24) is 15.3 Å². The van der Waals surface area contributed by atoms with Crippen LogP contribution in [0.1, 0.15) is 40.2 Å². The monoisotopic (exact) mass is 552 g/mol. The van der Waals surface area contributed by atoms with Gasteiger partial charge in [-0.3, -0.25) is 14.7 Å². The summed E-state index contributed by atoms with van der Waals surface area (Å²) in [5.74, 6) is -0.653. The highest BCUT2D eigenvalue weighted by Gasteiger charge is 2.40. The second kappa shape index (κ2) is 11.8. The van der Waals surface area contributed by atoms with Crippen molar-refractivity contribution in [3.8, 4) is 5.75 Å². The predicted molar refractivity (Wildman–Crippen MR) is 137 cm³/mol. The summed E-state index contributed by atoms with van der Waals surface area (Å²) in [4.78, 5) is 39.2. The third-order valence-electron chi connectivity index (χ3n) is 5.42. The Kier molecular flexibility index (Phi) is 8.99. The van der Waals surface area contributed by atoms with Crippen LogP contribution in [0.3, 0.4) is 0 Å². The standard InChI is InChI=1S/C25H31F3N6O5/c1-14(21(35)33-20(29-6)16-8-7-9-17(12-16)39-25(26,27)28)31-22-30-11-10-19(32-22)34-18(13-37-23(34)36)15(2)38-24(3,4)5/h7-12,14-15,18H,13H2,1-6H3,(H,29,33,35)(H,30,31,32)/t14?,15-,18-/m1/s1. The number of amidine groups is 1. The molecule has 0 spiro atoms. The number of amides is 2. The summed E-state index contributed by atoms with van der Waals surface area (Å²) >= 11 is 0. The number of carbonyl (C=O) groups is 2. The molecule has 2 amide bonds. The van der Waals surface area contributed by atoms with Crippen LogP contribution in [-0.4, -0.2) is 71.6 Å². The summed E-state index contributed by atoms with van der Waals surface area (Å²) in [6.45, 7) is 9.23. The first kappa shape index (κ1) is 29.6. The van der Waals surface area contributed by atoms with E-state index in [1.165, 1.54) is 43.3 Å². The molecule has 39 heavy (non-hydrogen) atoms. The molecular weight excluding hydrogens is 521 g/mol. The molecular formula is C25H31F3N6O5. The molecule has 3 rings (SSSR count). The van der Waals surface area contributed by atoms with Gasteiger partial charge in [-0.2, -0.15) is 4.98 Å². The molecule has 0 aliphatic carbocycles. The van der Waals surface area contributed by atoms with Gasteiger partial charge in [-0.1, -0.05) is 12.1 Å². The minimum absolute atomic E-state index is 0.0337. The molecule has 0 saturated carbocycles. The first-order chi connectivity index (χ1) is 18.2. The van der Waals surface area contributed by atoms with Gasteiger partial charge in [0.25, 0.3) is 0 Å². The molecule has 2 aromatic rings. The van der Waals surface area contributed by atoms with Crippen LogP contribution in [-0.2, 0) is 14.3 Å². The van der Waals surface area contributed by atoms with Gasteiger partial charge in [0.05, 0.1) is 11.7 Å². The number of hydrogen-bond donors (Lipinski definition) is 2. The molecule has 14 heteroatoms. The van der Waals surface area contributed by atoms with Gasteiger partial charge in [0.1, 0.15) is 36.1 Å². The van der Waals surface area contributed by atoms with Crippen LogP contribution in [0.5, 0.6) is 5.75 Å². The summed E-state index contributed by atoms with van der Waals surface area (Å²) in [7, 11) is 1.38. The molecule has 0 bridgehead atoms. The van der Waals surface area contributed by atoms with Gasteiger partial charge >= 0.3 is 12.5 Å². The Balaban J connectivity index is 1.70. The van der Waals surface area contributed by atoms with Gasteiger partial charge in [0, 0.05) is 18.8 Å². The zero-order valence-corrected chi connectivity index (χ0v) is 22.4. The zero-order chi connectivity index (χ0) is 29.0. The van der Waals surface area contributed by atoms with E-state index in [-0.39, 0.29) is 35.9 Å². The molecule has 1 unspecified atom stereocenters. The van der Waals surface area contributed by atoms with Crippen LogP contribution < -0.4 is 20.3 Å². The van der Waals surface area contributed by atoms with Crippen molar-refractivity contribution in [3.63, 3.8) is 0 Å². The number of nitrogens with zero attached hydrogens (tertiary/aromatic N) is 4. The van der Waals surface area contributed by atoms with Gasteiger partial charge in [-0.15, -0.1) is 13.2 Å². The van der Waals surface area contributed by atoms with Crippen LogP contribution in [0.15, 0.2) is 41.5 Å². The third-order valence-corrected chi connectivity index (χ3v) is 5.42. The van der Waals surface area contributed by atoms with Crippen LogP contribution in [0, 0.1) is 0 Å². The number of ether oxygens (including phenoxy) is 3. The molecule has 212 valence electrons. The number of anilines is 2. The highest BCUT2D eigenvalue weighted by atomic mass is 19.4. The Morgan fingerprint density at radius 2 is 1.95 bits per heavy atom. The van der Waals surface area contributed by atoms with Crippen molar-refractivity contribution < 1.29 is 37.0 Å². The molecule has 0 radical (unpaired) electrons. The van der Waals surface area contributed by atoms with Gasteiger partial charge in [0.15, 0.2) is 0 Å². The van der Waals surface area contributed by atoms with E-state index in [9.17, 15) is 22.8 Å². The predicted octanol–water partition coefficient (Wildman–Crippen LogP) is 3.90. The fourth-order valence-corrected chi connectivity index (χ4v) is 3.82. The Morgan fingerprint density at radius 1 is 1.23 bits per heavy atom. The molecule has 1 fully saturated rings. The van der Waals surface area contributed by atoms with Crippen LogP contribution in [0.2, 0.25) is 0 Å². The van der Waals surface area contributed by atoms with Gasteiger partial charge in [0.2, 0.25) is 11.9 Å². The Bertz CT molecular complexity index is 1220. The van der Waals surface area contributed by atoms with Crippen molar-refractivity contribution in [2.75, 3.05) is 23.9 Å². The summed E-state index contributed by atoms with van der Waals surface area (Å²) in [6, 6.07) is 5.29. The van der Waals surface area contributed by atoms with Crippen LogP contribution in [0.25, 0.3) is 0 Å². The number of rotatable bonds is 8. The number of cyclic esters (lactones) is 1. The minimum atomic E-state index is -4.86. The number of halogens is 3. The van der Waals surface area contributed by atoms with Gasteiger partial charge < -0.3 is 24.8 Å². The van der Waals surface area contributed by atoms with Crippen molar-refractivity contribution in [2.24, 2.45) is 4.99 Å². The molecule has 1 aromatic heterocycles. The van der Waals surface area contributed by atoms with E-state index in [4.69, 9.17) is 9.47 Å². The number of carbonyl (C=O) groups excluding carboxylic acids is 2. The number of nitrogens with one attached hydrogen (secondary N) is 2. The van der Waals surface area contributed by atoms with E-state index in [2.05, 4.69) is 30.3 Å². The number of hydrogen-bond acceptors (Lipinski definition) is 9. The van der Waals surface area contributed by atoms with E-state index in [1.807, 2.05) is 27.7 Å². The van der Waals surface area contributed by atoms with Crippen LogP contribution in [0.4, 0.5) is 29.7 Å². The maximum atomic E-state index is 12.8. The summed E-state index contributed by atoms with van der Waals surface area (Å²) in [5, 5.41) is 5.42. The number of aromatic nitrogens is 2. The fourth-order valence-electron chi connectivity index (χ4n) is 3.82. The lowest BCUT2D eigenvalue weighted by atomic mass is 10.1. The van der Waals surface area contributed by atoms with Crippen molar-refractivity contribution in [1.29, 1.82) is 0 Å². The number of alkyl halides is 3. The maximum absolute atomic E-state index is 12.8. The first-order valence-corrected chi connectivity index (χ1v) is 12.0. The molecule has 2 heterocycles. The van der Waals surface area contributed by atoms with Crippen molar-refractivity contribution in [2.45, 2.75) is 64.8 Å². The number of benzene rings is 1. The second-order valence-corrected chi connectivity index (χ2v) is 9.69. The molecule has 1 saturated heterocycles. The lowest BCUT2D eigenvalue weighted by molar-refractivity contribution is -0.274. The number of aliphatic imine (C=N–C) groups is 1. The van der Waals surface area contributed by atoms with Crippen LogP contribution >= 0.6 is 0 Å². The quantitative estimate of drug-likeness (QED) is 0.373. The summed E-state index contributed by atoms with van der Waals surface area (Å²) < 4.78 is 52.9. The second-order valence-electron chi connectivity index (χ2n) is 9.69. The summed E-state index contributed by atoms with van der Waals surface area (Å²) in [5.41, 5.74) is -0.228. The molecule has 1 aromatic carbocycles. The Labute approximate surface area is 223 Å². The molecule has 3 atom stereocenters. The van der Waals surface area contributed by atoms with Gasteiger partial charge in [-0.05, 0) is 52.8 Å². The lowest BCUT2D eigenvalue weighted by Crippen LogP contribution is -2.45. The highest BCUT2D eigenvalue weighted by molar-refractivity contribution is 6.09. The topological polar surface area (TPSA) is 127 Å². The average molecular weight is 553 g/mol. The Morgan fingerprint density at radius 3 is 2.59 bits per heavy atom. The van der Waals surface area contributed by atoms with E-state index >= 15 is 0 Å². The van der Waals surface area contributed by atoms with E-state index in [0.717, 1.165) is 12.1 Å². The molecule has 11 nitrogen and oxygen atoms in total. The van der Waals surface area contributed by atoms with E-state index in [0.29, 0.717) is 0 Å². The molecule has 1 aliphatic heterocycles. The van der Waals surface area contributed by atoms with E-state index in [1.54, 1.807) is 0 Å². The van der Waals surface area contributed by atoms with Gasteiger partial charge in [-0.25, -0.2) is 9.78 Å². The fraction of sp³-hybridized carbons (Fsp3) is 0.480. The smallest absolute Gasteiger partial charge is 0.447 e. The summed E-state index contributed by atoms with van der Waals surface area (Å²) in [6.07, 6.45) is -4.38. The molecule has 1 aliphatic rings. The zero-order valence-electron chi connectivity index (χ0n) is 22.4. The first-order valence-electron chi connectivity index (χ1n) is 12.0. The maximum Gasteiger partial charge on any atom is 0.573 e. The largest absolute Gasteiger partial charge is 0.573 e. The van der Waals surface area contributed by atoms with Crippen molar-refractivity contribution in [3.05, 3.63) is 42.1 Å². The SMILES string of the molecule is CN=C(NC(=O)C(C)Nc1nccc(N2C(=O)OC[C@@H]2[C@@H](C)OC(C)(C)C)n1)c1cccc(OC(F)(F)F)c1. The molecule has 2 N–H and O–H groups in total. The minimum Gasteiger partial charge on any atom is -0.447 e. The third kappa shape index (κ3) is 8.27. The highest BCUT2D eigenvalue weighted by Crippen LogP contribution is 2.27. The van der Waals surface area contributed by atoms with E-state index < -0.39 is 41.8 Å². The lowest BCUT2D eigenvalue weighted by Gasteiger charge is -2.31. The van der Waals surface area contributed by atoms with Crippen molar-refractivity contribution >= 4 is 29.6 Å².